The normalized spacial score (nSPS) is 15.7. The summed E-state index contributed by atoms with van der Waals surface area (Å²) < 4.78 is 5.68. The van der Waals surface area contributed by atoms with Crippen LogP contribution in [-0.4, -0.2) is 48.9 Å². The number of aliphatic hydroxyl groups excluding tert-OH is 1. The van der Waals surface area contributed by atoms with Crippen LogP contribution in [0.1, 0.15) is 18.4 Å². The van der Waals surface area contributed by atoms with E-state index in [1.165, 1.54) is 19.9 Å². The molecule has 1 aliphatic carbocycles. The molecule has 0 aromatic heterocycles. The van der Waals surface area contributed by atoms with Crippen molar-refractivity contribution in [1.29, 1.82) is 0 Å². The number of hydrogen-bond donors (Lipinski definition) is 4. The predicted molar refractivity (Wildman–Crippen MR) is 89.7 cm³/mol. The van der Waals surface area contributed by atoms with E-state index in [9.17, 15) is 9.59 Å². The van der Waals surface area contributed by atoms with Gasteiger partial charge >= 0.3 is 0 Å². The maximum Gasteiger partial charge on any atom is 0.270 e. The highest BCUT2D eigenvalue weighted by Crippen LogP contribution is 2.30. The Hall–Kier alpha value is -2.61. The second-order valence-electron chi connectivity index (χ2n) is 5.69. The molecule has 1 atom stereocenters. The second-order valence-corrected chi connectivity index (χ2v) is 5.69. The molecular weight excluding hydrogens is 312 g/mol. The standard InChI is InChI=1S/C16H22N4O4/c1-19-14(16(23)20-13(7-21)15(18)22)11-6-10(4-5-12(11)17)24-8-9-2-3-9/h4-6,9,13,21H,2-3,7-8,17H2,1H3,(H2,18,22)(H,20,23)/t13-/m1/s1. The van der Waals surface area contributed by atoms with Gasteiger partial charge < -0.3 is 26.6 Å². The van der Waals surface area contributed by atoms with Crippen LogP contribution in [-0.2, 0) is 9.59 Å². The highest BCUT2D eigenvalue weighted by molar-refractivity contribution is 6.46. The van der Waals surface area contributed by atoms with Gasteiger partial charge in [0.2, 0.25) is 5.91 Å². The number of aliphatic hydroxyl groups is 1. The number of hydrogen-bond acceptors (Lipinski definition) is 6. The van der Waals surface area contributed by atoms with Crippen molar-refractivity contribution in [3.8, 4) is 5.75 Å². The van der Waals surface area contributed by atoms with Gasteiger partial charge in [0.1, 0.15) is 17.5 Å². The van der Waals surface area contributed by atoms with Crippen LogP contribution in [0.25, 0.3) is 0 Å². The van der Waals surface area contributed by atoms with Crippen LogP contribution in [0.5, 0.6) is 5.75 Å². The van der Waals surface area contributed by atoms with Gasteiger partial charge in [0, 0.05) is 18.3 Å². The lowest BCUT2D eigenvalue weighted by Gasteiger charge is -2.15. The lowest BCUT2D eigenvalue weighted by Crippen LogP contribution is -2.49. The van der Waals surface area contributed by atoms with Gasteiger partial charge in [-0.15, -0.1) is 0 Å². The number of nitrogen functional groups attached to an aromatic ring is 1. The Morgan fingerprint density at radius 3 is 2.71 bits per heavy atom. The molecular formula is C16H22N4O4. The molecule has 0 aliphatic heterocycles. The van der Waals surface area contributed by atoms with E-state index in [1.807, 2.05) is 0 Å². The van der Waals surface area contributed by atoms with Gasteiger partial charge in [-0.25, -0.2) is 0 Å². The fourth-order valence-electron chi connectivity index (χ4n) is 2.11. The summed E-state index contributed by atoms with van der Waals surface area (Å²) >= 11 is 0. The predicted octanol–water partition coefficient (Wildman–Crippen LogP) is -0.561. The number of nitrogens with zero attached hydrogens (tertiary/aromatic N) is 1. The molecule has 2 amide bonds. The van der Waals surface area contributed by atoms with Crippen LogP contribution in [0, 0.1) is 5.92 Å². The molecule has 1 aromatic rings. The molecule has 130 valence electrons. The maximum absolute atomic E-state index is 12.3. The smallest absolute Gasteiger partial charge is 0.270 e. The fourth-order valence-corrected chi connectivity index (χ4v) is 2.11. The van der Waals surface area contributed by atoms with Gasteiger partial charge in [-0.3, -0.25) is 14.6 Å². The minimum absolute atomic E-state index is 0.0315. The zero-order valence-electron chi connectivity index (χ0n) is 13.5. The molecule has 8 nitrogen and oxygen atoms in total. The largest absolute Gasteiger partial charge is 0.493 e. The molecule has 8 heteroatoms. The average Bonchev–Trinajstić information content (AvgIpc) is 3.37. The van der Waals surface area contributed by atoms with E-state index < -0.39 is 24.5 Å². The number of rotatable bonds is 8. The van der Waals surface area contributed by atoms with Crippen LogP contribution in [0.2, 0.25) is 0 Å². The number of primary amides is 1. The molecule has 0 saturated heterocycles. The molecule has 1 fully saturated rings. The van der Waals surface area contributed by atoms with Gasteiger partial charge in [0.15, 0.2) is 0 Å². The van der Waals surface area contributed by atoms with Gasteiger partial charge in [-0.1, -0.05) is 0 Å². The van der Waals surface area contributed by atoms with Crippen molar-refractivity contribution in [2.45, 2.75) is 18.9 Å². The van der Waals surface area contributed by atoms with Crippen molar-refractivity contribution in [3.05, 3.63) is 23.8 Å². The van der Waals surface area contributed by atoms with Crippen molar-refractivity contribution in [3.63, 3.8) is 0 Å². The minimum atomic E-state index is -1.19. The number of anilines is 1. The molecule has 0 unspecified atom stereocenters. The zero-order valence-corrected chi connectivity index (χ0v) is 13.5. The molecule has 0 radical (unpaired) electrons. The third kappa shape index (κ3) is 4.45. The highest BCUT2D eigenvalue weighted by Gasteiger charge is 2.24. The summed E-state index contributed by atoms with van der Waals surface area (Å²) in [5.74, 6) is -0.305. The molecule has 0 spiro atoms. The summed E-state index contributed by atoms with van der Waals surface area (Å²) in [6.07, 6.45) is 2.34. The molecule has 1 saturated carbocycles. The SMILES string of the molecule is CN=C(C(=O)N[C@H](CO)C(N)=O)c1cc(OCC2CC2)ccc1N. The summed E-state index contributed by atoms with van der Waals surface area (Å²) in [4.78, 5) is 27.4. The van der Waals surface area contributed by atoms with Gasteiger partial charge in [0.05, 0.1) is 13.2 Å². The Morgan fingerprint density at radius 1 is 1.46 bits per heavy atom. The van der Waals surface area contributed by atoms with E-state index in [0.717, 1.165) is 0 Å². The number of carbonyl (C=O) groups excluding carboxylic acids is 2. The molecule has 2 rings (SSSR count). The Balaban J connectivity index is 2.17. The highest BCUT2D eigenvalue weighted by atomic mass is 16.5. The second kappa shape index (κ2) is 7.78. The summed E-state index contributed by atoms with van der Waals surface area (Å²) in [5.41, 5.74) is 11.8. The third-order valence-electron chi connectivity index (χ3n) is 3.73. The van der Waals surface area contributed by atoms with Crippen LogP contribution in [0.4, 0.5) is 5.69 Å². The van der Waals surface area contributed by atoms with Gasteiger partial charge in [-0.2, -0.15) is 0 Å². The van der Waals surface area contributed by atoms with Gasteiger partial charge in [0.25, 0.3) is 5.91 Å². The maximum atomic E-state index is 12.3. The van der Waals surface area contributed by atoms with Crippen LogP contribution >= 0.6 is 0 Å². The molecule has 6 N–H and O–H groups in total. The van der Waals surface area contributed by atoms with Gasteiger partial charge in [-0.05, 0) is 37.0 Å². The first-order chi connectivity index (χ1) is 11.5. The van der Waals surface area contributed by atoms with E-state index in [0.29, 0.717) is 29.5 Å². The Bertz CT molecular complexity index is 655. The molecule has 0 bridgehead atoms. The Morgan fingerprint density at radius 2 is 2.17 bits per heavy atom. The first kappa shape index (κ1) is 17.7. The van der Waals surface area contributed by atoms with E-state index in [2.05, 4.69) is 10.3 Å². The summed E-state index contributed by atoms with van der Waals surface area (Å²) in [7, 11) is 1.43. The zero-order chi connectivity index (χ0) is 17.7. The van der Waals surface area contributed by atoms with E-state index in [4.69, 9.17) is 21.3 Å². The third-order valence-corrected chi connectivity index (χ3v) is 3.73. The van der Waals surface area contributed by atoms with Crippen LogP contribution in [0.3, 0.4) is 0 Å². The van der Waals surface area contributed by atoms with Crippen molar-refractivity contribution in [1.82, 2.24) is 5.32 Å². The lowest BCUT2D eigenvalue weighted by molar-refractivity contribution is -0.125. The average molecular weight is 334 g/mol. The quantitative estimate of drug-likeness (QED) is 0.372. The number of aliphatic imine (C=N–C) groups is 1. The minimum Gasteiger partial charge on any atom is -0.493 e. The van der Waals surface area contributed by atoms with Crippen LogP contribution in [0.15, 0.2) is 23.2 Å². The number of carbonyl (C=O) groups is 2. The molecule has 24 heavy (non-hydrogen) atoms. The summed E-state index contributed by atoms with van der Waals surface area (Å²) in [5, 5.41) is 11.4. The van der Waals surface area contributed by atoms with E-state index in [1.54, 1.807) is 18.2 Å². The lowest BCUT2D eigenvalue weighted by atomic mass is 10.1. The molecule has 1 aromatic carbocycles. The van der Waals surface area contributed by atoms with E-state index >= 15 is 0 Å². The number of nitrogens with two attached hydrogens (primary N) is 2. The Labute approximate surface area is 139 Å². The van der Waals surface area contributed by atoms with Crippen molar-refractivity contribution < 1.29 is 19.4 Å². The topological polar surface area (TPSA) is 140 Å². The van der Waals surface area contributed by atoms with E-state index in [-0.39, 0.29) is 5.71 Å². The number of nitrogens with one attached hydrogen (secondary N) is 1. The fraction of sp³-hybridized carbons (Fsp3) is 0.438. The van der Waals surface area contributed by atoms with Crippen molar-refractivity contribution in [2.24, 2.45) is 16.6 Å². The monoisotopic (exact) mass is 334 g/mol. The first-order valence-corrected chi connectivity index (χ1v) is 7.66. The molecule has 1 aliphatic rings. The first-order valence-electron chi connectivity index (χ1n) is 7.66. The van der Waals surface area contributed by atoms with Crippen molar-refractivity contribution in [2.75, 3.05) is 26.0 Å². The number of amides is 2. The molecule has 0 heterocycles. The summed E-state index contributed by atoms with van der Waals surface area (Å²) in [6.45, 7) is 0.0283. The number of benzene rings is 1. The van der Waals surface area contributed by atoms with Crippen LogP contribution < -0.4 is 21.5 Å². The van der Waals surface area contributed by atoms with Crippen molar-refractivity contribution >= 4 is 23.2 Å². The Kier molecular flexibility index (Phi) is 5.75. The summed E-state index contributed by atoms with van der Waals surface area (Å²) in [6, 6.07) is 3.81. The number of ether oxygens (including phenoxy) is 1.